The number of aliphatic hydroxyl groups is 1. The zero-order chi connectivity index (χ0) is 27.8. The molecule has 2 saturated carbocycles. The summed E-state index contributed by atoms with van der Waals surface area (Å²) in [6.45, 7) is 7.92. The Bertz CT molecular complexity index is 1110. The Kier molecular flexibility index (Phi) is 10.6. The fraction of sp³-hybridized carbons (Fsp3) is 0.559. The Hall–Kier alpha value is -2.66. The van der Waals surface area contributed by atoms with Crippen molar-refractivity contribution >= 4 is 5.97 Å². The van der Waals surface area contributed by atoms with Crippen molar-refractivity contribution in [1.29, 1.82) is 0 Å². The molecular formula is C34H45FO4. The predicted molar refractivity (Wildman–Crippen MR) is 154 cm³/mol. The molecule has 2 aliphatic rings. The molecule has 0 amide bonds. The second-order valence-electron chi connectivity index (χ2n) is 11.8. The van der Waals surface area contributed by atoms with Crippen LogP contribution in [0.25, 0.3) is 11.1 Å². The first-order valence-corrected chi connectivity index (χ1v) is 14.8. The van der Waals surface area contributed by atoms with Gasteiger partial charge in [-0.25, -0.2) is 9.18 Å². The highest BCUT2D eigenvalue weighted by molar-refractivity contribution is 5.86. The van der Waals surface area contributed by atoms with Crippen molar-refractivity contribution in [2.24, 2.45) is 17.8 Å². The fourth-order valence-corrected chi connectivity index (χ4v) is 6.44. The summed E-state index contributed by atoms with van der Waals surface area (Å²) in [5.74, 6) is 3.04. The molecule has 4 rings (SSSR count). The number of esters is 1. The summed E-state index contributed by atoms with van der Waals surface area (Å²) in [6.07, 6.45) is 11.6. The van der Waals surface area contributed by atoms with Gasteiger partial charge >= 0.3 is 5.97 Å². The lowest BCUT2D eigenvalue weighted by Gasteiger charge is -2.37. The van der Waals surface area contributed by atoms with Gasteiger partial charge in [-0.2, -0.15) is 0 Å². The van der Waals surface area contributed by atoms with Gasteiger partial charge in [-0.15, -0.1) is 0 Å². The summed E-state index contributed by atoms with van der Waals surface area (Å²) in [5, 5.41) is 9.28. The zero-order valence-electron chi connectivity index (χ0n) is 23.7. The van der Waals surface area contributed by atoms with E-state index in [9.17, 15) is 9.90 Å². The fourth-order valence-electron chi connectivity index (χ4n) is 6.44. The van der Waals surface area contributed by atoms with E-state index in [0.717, 1.165) is 47.3 Å². The smallest absolute Gasteiger partial charge is 0.333 e. The van der Waals surface area contributed by atoms with E-state index in [1.54, 1.807) is 13.0 Å². The van der Waals surface area contributed by atoms with Crippen LogP contribution in [0.1, 0.15) is 88.7 Å². The third-order valence-corrected chi connectivity index (χ3v) is 8.87. The number of carbonyl (C=O) groups excluding carboxylic acids is 1. The van der Waals surface area contributed by atoms with Gasteiger partial charge in [-0.1, -0.05) is 50.6 Å². The van der Waals surface area contributed by atoms with Crippen LogP contribution in [0.2, 0.25) is 0 Å². The Morgan fingerprint density at radius 2 is 1.67 bits per heavy atom. The van der Waals surface area contributed by atoms with Crippen LogP contribution in [0.5, 0.6) is 5.75 Å². The number of carbonyl (C=O) groups is 1. The van der Waals surface area contributed by atoms with Crippen molar-refractivity contribution in [1.82, 2.24) is 0 Å². The van der Waals surface area contributed by atoms with E-state index in [-0.39, 0.29) is 25.6 Å². The van der Waals surface area contributed by atoms with E-state index < -0.39 is 5.97 Å². The molecule has 0 spiro atoms. The first kappa shape index (κ1) is 29.3. The Morgan fingerprint density at radius 3 is 2.31 bits per heavy atom. The van der Waals surface area contributed by atoms with Crippen LogP contribution < -0.4 is 4.74 Å². The molecule has 0 unspecified atom stereocenters. The summed E-state index contributed by atoms with van der Waals surface area (Å²) < 4.78 is 26.5. The van der Waals surface area contributed by atoms with Crippen molar-refractivity contribution in [3.8, 4) is 16.9 Å². The second kappa shape index (κ2) is 14.1. The Morgan fingerprint density at radius 1 is 0.974 bits per heavy atom. The average molecular weight is 537 g/mol. The maximum absolute atomic E-state index is 15.5. The quantitative estimate of drug-likeness (QED) is 0.179. The SMILES string of the molecule is C=C(C)C(=O)OCCOc1cc(-c2ccc(C3CCC(C4CCC(C)CC4)CC3)cc2F)ccc1CCCO. The standard InChI is InChI=1S/C34H45FO4/c1-23(2)34(37)39-20-19-38-33-22-30(15-14-28(33)5-4-18-36)31-17-16-29(21-32(31)35)27-12-10-26(11-13-27)25-8-6-24(3)7-9-25/h14-17,21-22,24-27,36H,1,4-13,18-20H2,2-3H3. The molecule has 0 aromatic heterocycles. The summed E-state index contributed by atoms with van der Waals surface area (Å²) in [5.41, 5.74) is 3.68. The van der Waals surface area contributed by atoms with E-state index in [2.05, 4.69) is 19.6 Å². The highest BCUT2D eigenvalue weighted by Crippen LogP contribution is 2.44. The van der Waals surface area contributed by atoms with Gasteiger partial charge in [0.25, 0.3) is 0 Å². The van der Waals surface area contributed by atoms with Gasteiger partial charge < -0.3 is 14.6 Å². The number of halogens is 1. The van der Waals surface area contributed by atoms with Crippen LogP contribution in [0, 0.1) is 23.6 Å². The van der Waals surface area contributed by atoms with Crippen molar-refractivity contribution in [3.63, 3.8) is 0 Å². The van der Waals surface area contributed by atoms with Gasteiger partial charge in [0.2, 0.25) is 0 Å². The van der Waals surface area contributed by atoms with Crippen LogP contribution in [-0.2, 0) is 16.0 Å². The van der Waals surface area contributed by atoms with Crippen LogP contribution in [0.4, 0.5) is 4.39 Å². The molecule has 0 atom stereocenters. The summed E-state index contributed by atoms with van der Waals surface area (Å²) >= 11 is 0. The summed E-state index contributed by atoms with van der Waals surface area (Å²) in [6, 6.07) is 11.4. The van der Waals surface area contributed by atoms with Crippen LogP contribution >= 0.6 is 0 Å². The number of aryl methyl sites for hydroxylation is 1. The second-order valence-corrected chi connectivity index (χ2v) is 11.8. The number of rotatable bonds is 11. The molecule has 4 nitrogen and oxygen atoms in total. The predicted octanol–water partition coefficient (Wildman–Crippen LogP) is 8.02. The van der Waals surface area contributed by atoms with Gasteiger partial charge in [0.15, 0.2) is 0 Å². The lowest BCUT2D eigenvalue weighted by Crippen LogP contribution is -2.24. The third-order valence-electron chi connectivity index (χ3n) is 8.87. The molecular weight excluding hydrogens is 491 g/mol. The molecule has 5 heteroatoms. The highest BCUT2D eigenvalue weighted by Gasteiger charge is 2.30. The molecule has 1 N–H and O–H groups in total. The van der Waals surface area contributed by atoms with Crippen LogP contribution in [0.3, 0.4) is 0 Å². The molecule has 0 aliphatic heterocycles. The van der Waals surface area contributed by atoms with Crippen molar-refractivity contribution in [2.45, 2.75) is 84.0 Å². The number of aliphatic hydroxyl groups excluding tert-OH is 1. The van der Waals surface area contributed by atoms with Crippen LogP contribution in [0.15, 0.2) is 48.6 Å². The summed E-state index contributed by atoms with van der Waals surface area (Å²) in [7, 11) is 0. The van der Waals surface area contributed by atoms with Crippen molar-refractivity contribution < 1.29 is 23.8 Å². The van der Waals surface area contributed by atoms with Gasteiger partial charge in [0.1, 0.15) is 24.8 Å². The number of hydrogen-bond acceptors (Lipinski definition) is 4. The molecule has 39 heavy (non-hydrogen) atoms. The molecule has 2 aromatic carbocycles. The number of hydrogen-bond donors (Lipinski definition) is 1. The molecule has 0 radical (unpaired) electrons. The highest BCUT2D eigenvalue weighted by atomic mass is 19.1. The maximum Gasteiger partial charge on any atom is 0.333 e. The van der Waals surface area contributed by atoms with Gasteiger partial charge in [0.05, 0.1) is 0 Å². The van der Waals surface area contributed by atoms with Crippen molar-refractivity contribution in [3.05, 3.63) is 65.5 Å². The van der Waals surface area contributed by atoms with E-state index in [4.69, 9.17) is 9.47 Å². The van der Waals surface area contributed by atoms with Gasteiger partial charge in [-0.3, -0.25) is 0 Å². The number of ether oxygens (including phenoxy) is 2. The molecule has 212 valence electrons. The molecule has 0 bridgehead atoms. The Balaban J connectivity index is 1.41. The Labute approximate surface area is 233 Å². The molecule has 2 aliphatic carbocycles. The largest absolute Gasteiger partial charge is 0.490 e. The zero-order valence-corrected chi connectivity index (χ0v) is 23.7. The number of benzene rings is 2. The van der Waals surface area contributed by atoms with Crippen LogP contribution in [-0.4, -0.2) is 30.9 Å². The molecule has 2 fully saturated rings. The average Bonchev–Trinajstić information content (AvgIpc) is 2.95. The van der Waals surface area contributed by atoms with Crippen molar-refractivity contribution in [2.75, 3.05) is 19.8 Å². The topological polar surface area (TPSA) is 55.8 Å². The lowest BCUT2D eigenvalue weighted by molar-refractivity contribution is -0.139. The van der Waals surface area contributed by atoms with E-state index in [0.29, 0.717) is 35.6 Å². The lowest BCUT2D eigenvalue weighted by atomic mass is 9.68. The monoisotopic (exact) mass is 536 g/mol. The van der Waals surface area contributed by atoms with Gasteiger partial charge in [0, 0.05) is 17.7 Å². The summed E-state index contributed by atoms with van der Waals surface area (Å²) in [4.78, 5) is 11.6. The minimum absolute atomic E-state index is 0.0787. The normalized spacial score (nSPS) is 23.3. The minimum atomic E-state index is -0.452. The molecule has 0 saturated heterocycles. The molecule has 2 aromatic rings. The first-order chi connectivity index (χ1) is 18.9. The first-order valence-electron chi connectivity index (χ1n) is 14.8. The van der Waals surface area contributed by atoms with E-state index in [1.165, 1.54) is 38.5 Å². The minimum Gasteiger partial charge on any atom is -0.490 e. The third kappa shape index (κ3) is 7.94. The van der Waals surface area contributed by atoms with E-state index in [1.807, 2.05) is 24.3 Å². The maximum atomic E-state index is 15.5. The van der Waals surface area contributed by atoms with Gasteiger partial charge in [-0.05, 0) is 111 Å². The molecule has 0 heterocycles. The van der Waals surface area contributed by atoms with E-state index >= 15 is 4.39 Å².